The molecule has 2 heteroatoms. The van der Waals surface area contributed by atoms with Crippen LogP contribution in [0.1, 0.15) is 31.5 Å². The molecule has 13 heavy (non-hydrogen) atoms. The largest absolute Gasteiger partial charge is 0.308 e. The Balaban J connectivity index is 2.03. The van der Waals surface area contributed by atoms with Gasteiger partial charge >= 0.3 is 0 Å². The summed E-state index contributed by atoms with van der Waals surface area (Å²) >= 11 is 0. The molecule has 1 saturated heterocycles. The third-order valence-electron chi connectivity index (χ3n) is 2.71. The minimum Gasteiger partial charge on any atom is -0.308 e. The predicted molar refractivity (Wildman–Crippen MR) is 53.4 cm³/mol. The summed E-state index contributed by atoms with van der Waals surface area (Å²) in [5.41, 5.74) is 1.19. The molecule has 1 aliphatic rings. The molecular weight excluding hydrogens is 160 g/mol. The van der Waals surface area contributed by atoms with Gasteiger partial charge in [-0.3, -0.25) is 4.98 Å². The molecule has 0 spiro atoms. The molecule has 0 amide bonds. The molecule has 1 N–H and O–H groups in total. The molecule has 2 atom stereocenters. The first-order valence-corrected chi connectivity index (χ1v) is 5.00. The molecule has 0 aliphatic carbocycles. The van der Waals surface area contributed by atoms with Gasteiger partial charge in [-0.1, -0.05) is 13.0 Å². The highest BCUT2D eigenvalue weighted by molar-refractivity contribution is 5.09. The van der Waals surface area contributed by atoms with Crippen LogP contribution < -0.4 is 5.32 Å². The van der Waals surface area contributed by atoms with Gasteiger partial charge in [-0.2, -0.15) is 0 Å². The van der Waals surface area contributed by atoms with E-state index in [0.717, 1.165) is 12.5 Å². The molecule has 0 aromatic carbocycles. The van der Waals surface area contributed by atoms with Gasteiger partial charge in [-0.05, 0) is 37.4 Å². The van der Waals surface area contributed by atoms with Crippen LogP contribution in [0.4, 0.5) is 0 Å². The molecule has 70 valence electrons. The van der Waals surface area contributed by atoms with Gasteiger partial charge in [-0.15, -0.1) is 0 Å². The normalized spacial score (nSPS) is 28.7. The van der Waals surface area contributed by atoms with Crippen molar-refractivity contribution in [2.24, 2.45) is 5.92 Å². The Bertz CT molecular complexity index is 250. The average molecular weight is 176 g/mol. The SMILES string of the molecule is C[C@@H]1CC[C@H](c2ccccn2)NC1. The summed E-state index contributed by atoms with van der Waals surface area (Å²) in [5.74, 6) is 0.819. The molecule has 1 fully saturated rings. The summed E-state index contributed by atoms with van der Waals surface area (Å²) in [6.45, 7) is 3.42. The number of piperidine rings is 1. The Morgan fingerprint density at radius 1 is 1.38 bits per heavy atom. The minimum absolute atomic E-state index is 0.484. The highest BCUT2D eigenvalue weighted by Gasteiger charge is 2.19. The minimum atomic E-state index is 0.484. The summed E-state index contributed by atoms with van der Waals surface area (Å²) in [7, 11) is 0. The van der Waals surface area contributed by atoms with Crippen molar-refractivity contribution in [1.82, 2.24) is 10.3 Å². The van der Waals surface area contributed by atoms with Gasteiger partial charge in [0.05, 0.1) is 5.69 Å². The molecule has 1 aromatic heterocycles. The van der Waals surface area contributed by atoms with Crippen LogP contribution in [0.5, 0.6) is 0 Å². The third-order valence-corrected chi connectivity index (χ3v) is 2.71. The molecular formula is C11H16N2. The van der Waals surface area contributed by atoms with Crippen LogP contribution in [0.25, 0.3) is 0 Å². The van der Waals surface area contributed by atoms with Gasteiger partial charge in [0.25, 0.3) is 0 Å². The van der Waals surface area contributed by atoms with Crippen LogP contribution in [-0.4, -0.2) is 11.5 Å². The van der Waals surface area contributed by atoms with Crippen molar-refractivity contribution < 1.29 is 0 Å². The van der Waals surface area contributed by atoms with Crippen molar-refractivity contribution in [3.05, 3.63) is 30.1 Å². The fraction of sp³-hybridized carbons (Fsp3) is 0.545. The zero-order valence-electron chi connectivity index (χ0n) is 8.03. The fourth-order valence-corrected chi connectivity index (χ4v) is 1.83. The van der Waals surface area contributed by atoms with Gasteiger partial charge in [0, 0.05) is 12.2 Å². The van der Waals surface area contributed by atoms with E-state index in [-0.39, 0.29) is 0 Å². The lowest BCUT2D eigenvalue weighted by molar-refractivity contribution is 0.328. The van der Waals surface area contributed by atoms with E-state index in [2.05, 4.69) is 29.4 Å². The standard InChI is InChI=1S/C11H16N2/c1-9-5-6-11(13-8-9)10-4-2-3-7-12-10/h2-4,7,9,11,13H,5-6,8H2,1H3/t9-,11-/m1/s1. The van der Waals surface area contributed by atoms with Gasteiger partial charge in [-0.25, -0.2) is 0 Å². The quantitative estimate of drug-likeness (QED) is 0.709. The average Bonchev–Trinajstić information content (AvgIpc) is 2.20. The van der Waals surface area contributed by atoms with Gasteiger partial charge in [0.1, 0.15) is 0 Å². The Kier molecular flexibility index (Phi) is 2.60. The van der Waals surface area contributed by atoms with Crippen LogP contribution in [0.2, 0.25) is 0 Å². The van der Waals surface area contributed by atoms with E-state index in [1.807, 2.05) is 12.3 Å². The van der Waals surface area contributed by atoms with Crippen molar-refractivity contribution in [1.29, 1.82) is 0 Å². The summed E-state index contributed by atoms with van der Waals surface area (Å²) in [6.07, 6.45) is 4.40. The number of aromatic nitrogens is 1. The van der Waals surface area contributed by atoms with Crippen LogP contribution in [0.15, 0.2) is 24.4 Å². The predicted octanol–water partition coefficient (Wildman–Crippen LogP) is 2.14. The number of rotatable bonds is 1. The smallest absolute Gasteiger partial charge is 0.0573 e. The van der Waals surface area contributed by atoms with Gasteiger partial charge in [0.15, 0.2) is 0 Å². The lowest BCUT2D eigenvalue weighted by Gasteiger charge is -2.27. The number of pyridine rings is 1. The molecule has 1 aromatic rings. The molecule has 2 rings (SSSR count). The molecule has 0 unspecified atom stereocenters. The van der Waals surface area contributed by atoms with E-state index in [0.29, 0.717) is 6.04 Å². The molecule has 0 saturated carbocycles. The summed E-state index contributed by atoms with van der Waals surface area (Å²) in [4.78, 5) is 4.36. The summed E-state index contributed by atoms with van der Waals surface area (Å²) in [5, 5.41) is 3.52. The van der Waals surface area contributed by atoms with E-state index < -0.39 is 0 Å². The summed E-state index contributed by atoms with van der Waals surface area (Å²) in [6, 6.07) is 6.61. The van der Waals surface area contributed by atoms with Gasteiger partial charge in [0.2, 0.25) is 0 Å². The van der Waals surface area contributed by atoms with E-state index in [9.17, 15) is 0 Å². The zero-order chi connectivity index (χ0) is 9.10. The Hall–Kier alpha value is -0.890. The Morgan fingerprint density at radius 3 is 2.92 bits per heavy atom. The van der Waals surface area contributed by atoms with E-state index in [1.165, 1.54) is 18.5 Å². The monoisotopic (exact) mass is 176 g/mol. The van der Waals surface area contributed by atoms with Crippen LogP contribution in [-0.2, 0) is 0 Å². The molecule has 0 radical (unpaired) electrons. The van der Waals surface area contributed by atoms with Crippen LogP contribution in [0.3, 0.4) is 0 Å². The first-order chi connectivity index (χ1) is 6.36. The van der Waals surface area contributed by atoms with Crippen LogP contribution in [0, 0.1) is 5.92 Å². The van der Waals surface area contributed by atoms with E-state index in [1.54, 1.807) is 0 Å². The summed E-state index contributed by atoms with van der Waals surface area (Å²) < 4.78 is 0. The molecule has 2 heterocycles. The maximum Gasteiger partial charge on any atom is 0.0573 e. The van der Waals surface area contributed by atoms with E-state index >= 15 is 0 Å². The van der Waals surface area contributed by atoms with Gasteiger partial charge < -0.3 is 5.32 Å². The molecule has 1 aliphatic heterocycles. The van der Waals surface area contributed by atoms with Crippen molar-refractivity contribution in [3.63, 3.8) is 0 Å². The van der Waals surface area contributed by atoms with Crippen molar-refractivity contribution in [2.75, 3.05) is 6.54 Å². The van der Waals surface area contributed by atoms with Crippen molar-refractivity contribution in [2.45, 2.75) is 25.8 Å². The zero-order valence-corrected chi connectivity index (χ0v) is 8.03. The second kappa shape index (κ2) is 3.88. The maximum absolute atomic E-state index is 4.36. The van der Waals surface area contributed by atoms with Crippen molar-refractivity contribution >= 4 is 0 Å². The third kappa shape index (κ3) is 2.07. The second-order valence-electron chi connectivity index (χ2n) is 3.90. The Morgan fingerprint density at radius 2 is 2.31 bits per heavy atom. The highest BCUT2D eigenvalue weighted by atomic mass is 15.0. The maximum atomic E-state index is 4.36. The number of nitrogens with one attached hydrogen (secondary N) is 1. The van der Waals surface area contributed by atoms with Crippen LogP contribution >= 0.6 is 0 Å². The molecule has 2 nitrogen and oxygen atoms in total. The van der Waals surface area contributed by atoms with Crippen molar-refractivity contribution in [3.8, 4) is 0 Å². The first kappa shape index (κ1) is 8.70. The molecule has 0 bridgehead atoms. The number of hydrogen-bond donors (Lipinski definition) is 1. The number of nitrogens with zero attached hydrogens (tertiary/aromatic N) is 1. The van der Waals surface area contributed by atoms with E-state index in [4.69, 9.17) is 0 Å². The fourth-order valence-electron chi connectivity index (χ4n) is 1.83. The first-order valence-electron chi connectivity index (χ1n) is 5.00. The second-order valence-corrected chi connectivity index (χ2v) is 3.90. The number of hydrogen-bond acceptors (Lipinski definition) is 2. The highest BCUT2D eigenvalue weighted by Crippen LogP contribution is 2.23. The lowest BCUT2D eigenvalue weighted by atomic mass is 9.94. The topological polar surface area (TPSA) is 24.9 Å². The lowest BCUT2D eigenvalue weighted by Crippen LogP contribution is -2.32. The Labute approximate surface area is 79.4 Å².